The first-order chi connectivity index (χ1) is 12.1. The molecule has 1 heterocycles. The molecule has 0 spiro atoms. The molecule has 0 bridgehead atoms. The SMILES string of the molecule is C1CSCN1.N[C@@H](CS)C(=O)O.N[C@@H](CSSC[C@H](N)C(=O)O)C(=O)O. The molecule has 1 aliphatic rings. The number of rotatable bonds is 9. The first-order valence-corrected chi connectivity index (χ1v) is 11.5. The zero-order chi connectivity index (χ0) is 20.5. The number of carboxylic acids is 3. The van der Waals surface area contributed by atoms with Gasteiger partial charge in [-0.3, -0.25) is 14.4 Å². The fourth-order valence-electron chi connectivity index (χ4n) is 0.824. The third kappa shape index (κ3) is 18.4. The lowest BCUT2D eigenvalue weighted by Crippen LogP contribution is -2.33. The van der Waals surface area contributed by atoms with Crippen LogP contribution < -0.4 is 22.5 Å². The van der Waals surface area contributed by atoms with Crippen LogP contribution in [-0.2, 0) is 14.4 Å². The third-order valence-electron chi connectivity index (χ3n) is 2.35. The Hall–Kier alpha value is -0.350. The number of thiol groups is 1. The fraction of sp³-hybridized carbons (Fsp3) is 0.750. The second kappa shape index (κ2) is 18.0. The number of carboxylic acid groups (broad SMARTS) is 3. The highest BCUT2D eigenvalue weighted by Crippen LogP contribution is 2.22. The molecule has 1 fully saturated rings. The van der Waals surface area contributed by atoms with Crippen LogP contribution in [0.15, 0.2) is 0 Å². The Morgan fingerprint density at radius 1 is 0.962 bits per heavy atom. The van der Waals surface area contributed by atoms with Crippen molar-refractivity contribution < 1.29 is 29.7 Å². The van der Waals surface area contributed by atoms with Crippen LogP contribution in [0.5, 0.6) is 0 Å². The Kier molecular flexibility index (Phi) is 19.3. The van der Waals surface area contributed by atoms with Gasteiger partial charge in [-0.05, 0) is 0 Å². The lowest BCUT2D eigenvalue weighted by atomic mass is 10.4. The molecule has 3 atom stereocenters. The van der Waals surface area contributed by atoms with Gasteiger partial charge in [-0.25, -0.2) is 0 Å². The van der Waals surface area contributed by atoms with E-state index in [0.717, 1.165) is 0 Å². The minimum atomic E-state index is -1.07. The Balaban J connectivity index is 0. The first kappa shape index (κ1) is 27.9. The zero-order valence-corrected chi connectivity index (χ0v) is 17.3. The Morgan fingerprint density at radius 2 is 1.38 bits per heavy atom. The normalized spacial score (nSPS) is 16.2. The van der Waals surface area contributed by atoms with E-state index in [-0.39, 0.29) is 17.3 Å². The summed E-state index contributed by atoms with van der Waals surface area (Å²) in [5.41, 5.74) is 15.4. The lowest BCUT2D eigenvalue weighted by molar-refractivity contribution is -0.138. The van der Waals surface area contributed by atoms with Gasteiger partial charge in [-0.15, -0.1) is 11.8 Å². The van der Waals surface area contributed by atoms with Gasteiger partial charge in [-0.1, -0.05) is 21.6 Å². The number of aliphatic carboxylic acids is 3. The van der Waals surface area contributed by atoms with Gasteiger partial charge < -0.3 is 37.8 Å². The molecule has 1 aliphatic heterocycles. The van der Waals surface area contributed by atoms with Crippen LogP contribution in [0.3, 0.4) is 0 Å². The maximum absolute atomic E-state index is 10.3. The zero-order valence-electron chi connectivity index (χ0n) is 13.9. The predicted octanol–water partition coefficient (Wildman–Crippen LogP) is -1.20. The van der Waals surface area contributed by atoms with Crippen molar-refractivity contribution in [3.8, 4) is 0 Å². The maximum Gasteiger partial charge on any atom is 0.321 e. The maximum atomic E-state index is 10.3. The largest absolute Gasteiger partial charge is 0.480 e. The fourth-order valence-corrected chi connectivity index (χ4v) is 3.93. The molecule has 0 aromatic rings. The second-order valence-corrected chi connectivity index (χ2v) is 8.66. The van der Waals surface area contributed by atoms with Crippen molar-refractivity contribution in [2.24, 2.45) is 17.2 Å². The van der Waals surface area contributed by atoms with Crippen LogP contribution in [0.25, 0.3) is 0 Å². The van der Waals surface area contributed by atoms with Gasteiger partial charge >= 0.3 is 17.9 Å². The number of carbonyl (C=O) groups is 3. The molecule has 10 N–H and O–H groups in total. The lowest BCUT2D eigenvalue weighted by Gasteiger charge is -2.07. The van der Waals surface area contributed by atoms with Gasteiger partial charge in [0.2, 0.25) is 0 Å². The quantitative estimate of drug-likeness (QED) is 0.118. The van der Waals surface area contributed by atoms with Gasteiger partial charge in [-0.2, -0.15) is 12.6 Å². The molecule has 0 aromatic carbocycles. The molecule has 0 unspecified atom stereocenters. The molecule has 0 aliphatic carbocycles. The van der Waals surface area contributed by atoms with Gasteiger partial charge in [0.25, 0.3) is 0 Å². The van der Waals surface area contributed by atoms with Crippen LogP contribution in [-0.4, -0.2) is 86.8 Å². The average Bonchev–Trinajstić information content (AvgIpc) is 3.17. The van der Waals surface area contributed by atoms with Crippen molar-refractivity contribution in [2.45, 2.75) is 18.1 Å². The number of hydrogen-bond acceptors (Lipinski definition) is 11. The van der Waals surface area contributed by atoms with Crippen molar-refractivity contribution in [1.29, 1.82) is 0 Å². The van der Waals surface area contributed by atoms with Crippen molar-refractivity contribution in [3.05, 3.63) is 0 Å². The van der Waals surface area contributed by atoms with Crippen molar-refractivity contribution in [3.63, 3.8) is 0 Å². The Morgan fingerprint density at radius 3 is 1.54 bits per heavy atom. The van der Waals surface area contributed by atoms with E-state index in [1.54, 1.807) is 0 Å². The molecular weight excluding hydrogens is 424 g/mol. The molecule has 1 rings (SSSR count). The molecule has 1 saturated heterocycles. The summed E-state index contributed by atoms with van der Waals surface area (Å²) in [6, 6.07) is -2.66. The van der Waals surface area contributed by atoms with Gasteiger partial charge in [0, 0.05) is 35.4 Å². The van der Waals surface area contributed by atoms with E-state index in [1.807, 2.05) is 11.8 Å². The minimum Gasteiger partial charge on any atom is -0.480 e. The topological polar surface area (TPSA) is 202 Å². The summed E-state index contributed by atoms with van der Waals surface area (Å²) >= 11 is 5.61. The van der Waals surface area contributed by atoms with E-state index < -0.39 is 36.0 Å². The second-order valence-electron chi connectivity index (χ2n) is 4.64. The molecular formula is C12H26N4O6S4. The van der Waals surface area contributed by atoms with E-state index in [2.05, 4.69) is 17.9 Å². The van der Waals surface area contributed by atoms with E-state index in [9.17, 15) is 14.4 Å². The predicted molar refractivity (Wildman–Crippen MR) is 111 cm³/mol. The summed E-state index contributed by atoms with van der Waals surface area (Å²) in [4.78, 5) is 30.3. The summed E-state index contributed by atoms with van der Waals surface area (Å²) in [7, 11) is 2.41. The van der Waals surface area contributed by atoms with Crippen molar-refractivity contribution in [2.75, 3.05) is 35.4 Å². The standard InChI is InChI=1S/C6H12N2O4S2.C3H7NO2S.C3H7NS/c7-3(5(9)10)1-13-14-2-4(8)6(11)12;4-2(1-7)3(5)6;1-2-5-3-4-1/h3-4H,1-2,7-8H2,(H,9,10)(H,11,12);2,7H,1,4H2,(H,5,6);4H,1-3H2/t3-,4-;2-;/m00./s1. The summed E-state index contributed by atoms with van der Waals surface area (Å²) in [6.07, 6.45) is 0. The molecule has 0 amide bonds. The number of hydrogen-bond donors (Lipinski definition) is 8. The Labute approximate surface area is 169 Å². The smallest absolute Gasteiger partial charge is 0.321 e. The van der Waals surface area contributed by atoms with Crippen LogP contribution in [0.4, 0.5) is 0 Å². The molecule has 10 nitrogen and oxygen atoms in total. The van der Waals surface area contributed by atoms with Crippen LogP contribution >= 0.6 is 46.0 Å². The summed E-state index contributed by atoms with van der Waals surface area (Å²) in [6.45, 7) is 1.21. The molecule has 0 radical (unpaired) electrons. The third-order valence-corrected chi connectivity index (χ3v) is 6.12. The highest BCUT2D eigenvalue weighted by Gasteiger charge is 2.14. The van der Waals surface area contributed by atoms with Crippen molar-refractivity contribution in [1.82, 2.24) is 5.32 Å². The highest BCUT2D eigenvalue weighted by atomic mass is 33.1. The van der Waals surface area contributed by atoms with E-state index in [0.29, 0.717) is 0 Å². The Bertz CT molecular complexity index is 388. The molecule has 0 aromatic heterocycles. The molecule has 26 heavy (non-hydrogen) atoms. The van der Waals surface area contributed by atoms with Gasteiger partial charge in [0.1, 0.15) is 18.1 Å². The van der Waals surface area contributed by atoms with Crippen LogP contribution in [0, 0.1) is 0 Å². The molecule has 154 valence electrons. The van der Waals surface area contributed by atoms with Crippen LogP contribution in [0.1, 0.15) is 0 Å². The average molecular weight is 451 g/mol. The van der Waals surface area contributed by atoms with E-state index in [4.69, 9.17) is 32.5 Å². The van der Waals surface area contributed by atoms with Gasteiger partial charge in [0.15, 0.2) is 0 Å². The summed E-state index contributed by atoms with van der Waals surface area (Å²) in [5, 5.41) is 28.0. The number of nitrogens with two attached hydrogens (primary N) is 3. The summed E-state index contributed by atoms with van der Waals surface area (Å²) in [5.74, 6) is -0.0233. The number of nitrogens with one attached hydrogen (secondary N) is 1. The highest BCUT2D eigenvalue weighted by molar-refractivity contribution is 8.76. The first-order valence-electron chi connectivity index (χ1n) is 7.22. The van der Waals surface area contributed by atoms with Crippen molar-refractivity contribution >= 4 is 63.9 Å². The monoisotopic (exact) mass is 450 g/mol. The summed E-state index contributed by atoms with van der Waals surface area (Å²) < 4.78 is 0. The van der Waals surface area contributed by atoms with E-state index >= 15 is 0 Å². The van der Waals surface area contributed by atoms with E-state index in [1.165, 1.54) is 39.8 Å². The van der Waals surface area contributed by atoms with Crippen LogP contribution in [0.2, 0.25) is 0 Å². The molecule has 0 saturated carbocycles. The minimum absolute atomic E-state index is 0.190. The molecule has 14 heteroatoms. The number of thioether (sulfide) groups is 1. The van der Waals surface area contributed by atoms with Gasteiger partial charge in [0.05, 0.1) is 0 Å².